The van der Waals surface area contributed by atoms with Crippen LogP contribution >= 0.6 is 0 Å². The van der Waals surface area contributed by atoms with Crippen molar-refractivity contribution in [2.45, 2.75) is 37.5 Å². The predicted octanol–water partition coefficient (Wildman–Crippen LogP) is 1.37. The van der Waals surface area contributed by atoms with Gasteiger partial charge in [0.1, 0.15) is 0 Å². The van der Waals surface area contributed by atoms with Crippen molar-refractivity contribution in [3.63, 3.8) is 0 Å². The summed E-state index contributed by atoms with van der Waals surface area (Å²) in [6, 6.07) is 6.02. The van der Waals surface area contributed by atoms with Crippen LogP contribution in [0, 0.1) is 11.8 Å². The first-order valence-electron chi connectivity index (χ1n) is 10.1. The Bertz CT molecular complexity index is 899. The first kappa shape index (κ1) is 22.2. The number of carboxylic acids is 1. The number of aliphatic carboxylic acids is 1. The number of rotatable bonds is 5. The van der Waals surface area contributed by atoms with Gasteiger partial charge in [-0.3, -0.25) is 14.4 Å². The summed E-state index contributed by atoms with van der Waals surface area (Å²) in [6.45, 7) is 2.78. The van der Waals surface area contributed by atoms with Gasteiger partial charge in [-0.2, -0.15) is 4.31 Å². The minimum atomic E-state index is -3.67. The lowest BCUT2D eigenvalue weighted by Gasteiger charge is -2.36. The number of carbonyl (C=O) groups is 3. The van der Waals surface area contributed by atoms with Crippen LogP contribution < -0.4 is 5.32 Å². The molecule has 0 spiro atoms. The van der Waals surface area contributed by atoms with Gasteiger partial charge in [-0.15, -0.1) is 0 Å². The Hall–Kier alpha value is -2.46. The van der Waals surface area contributed by atoms with Crippen molar-refractivity contribution in [3.05, 3.63) is 24.3 Å². The van der Waals surface area contributed by atoms with Crippen molar-refractivity contribution in [2.75, 3.05) is 31.5 Å². The second-order valence-electron chi connectivity index (χ2n) is 7.82. The summed E-state index contributed by atoms with van der Waals surface area (Å²) in [6.07, 6.45) is 1.81. The minimum Gasteiger partial charge on any atom is -0.481 e. The van der Waals surface area contributed by atoms with Gasteiger partial charge < -0.3 is 15.3 Å². The Labute approximate surface area is 176 Å². The first-order chi connectivity index (χ1) is 14.2. The molecule has 2 N–H and O–H groups in total. The van der Waals surface area contributed by atoms with Gasteiger partial charge in [0.2, 0.25) is 21.8 Å². The molecule has 2 aliphatic rings. The normalized spacial score (nSPS) is 19.4. The van der Waals surface area contributed by atoms with E-state index < -0.39 is 21.9 Å². The molecular formula is C20H27N3O6S. The molecule has 0 saturated carbocycles. The lowest BCUT2D eigenvalue weighted by Crippen LogP contribution is -2.47. The molecule has 3 rings (SSSR count). The van der Waals surface area contributed by atoms with E-state index in [4.69, 9.17) is 5.11 Å². The van der Waals surface area contributed by atoms with Crippen molar-refractivity contribution in [1.82, 2.24) is 9.21 Å². The van der Waals surface area contributed by atoms with Gasteiger partial charge in [-0.05, 0) is 49.9 Å². The third kappa shape index (κ3) is 4.99. The van der Waals surface area contributed by atoms with Crippen LogP contribution in [-0.4, -0.2) is 66.7 Å². The van der Waals surface area contributed by atoms with Crippen LogP contribution in [0.1, 0.15) is 32.6 Å². The van der Waals surface area contributed by atoms with Crippen LogP contribution in [0.3, 0.4) is 0 Å². The molecule has 0 bridgehead atoms. The fourth-order valence-electron chi connectivity index (χ4n) is 4.01. The zero-order chi connectivity index (χ0) is 21.9. The van der Waals surface area contributed by atoms with E-state index >= 15 is 0 Å². The number of nitrogens with zero attached hydrogens (tertiary/aromatic N) is 2. The number of sulfonamides is 1. The molecule has 9 nitrogen and oxygen atoms in total. The van der Waals surface area contributed by atoms with Crippen LogP contribution in [0.5, 0.6) is 0 Å². The summed E-state index contributed by atoms with van der Waals surface area (Å²) in [5, 5.41) is 11.7. The van der Waals surface area contributed by atoms with E-state index in [1.54, 1.807) is 17.0 Å². The van der Waals surface area contributed by atoms with Gasteiger partial charge in [0.25, 0.3) is 0 Å². The van der Waals surface area contributed by atoms with Crippen molar-refractivity contribution < 1.29 is 27.9 Å². The molecule has 164 valence electrons. The molecule has 30 heavy (non-hydrogen) atoms. The fraction of sp³-hybridized carbons (Fsp3) is 0.550. The van der Waals surface area contributed by atoms with Crippen LogP contribution in [0.15, 0.2) is 29.2 Å². The number of likely N-dealkylation sites (tertiary alicyclic amines) is 1. The molecule has 10 heteroatoms. The van der Waals surface area contributed by atoms with Gasteiger partial charge in [-0.1, -0.05) is 0 Å². The Balaban J connectivity index is 1.56. The van der Waals surface area contributed by atoms with Crippen LogP contribution in [-0.2, 0) is 24.4 Å². The molecule has 1 aromatic rings. The maximum Gasteiger partial charge on any atom is 0.306 e. The average Bonchev–Trinajstić information content (AvgIpc) is 2.73. The highest BCUT2D eigenvalue weighted by molar-refractivity contribution is 7.89. The standard InChI is InChI=1S/C20H27N3O6S/c1-14(24)21-17-2-4-18(5-3-17)30(28,29)23-12-8-15(9-13-23)19(25)22-10-6-16(7-11-22)20(26)27/h2-5,15-16H,6-13H2,1H3,(H,21,24)(H,26,27). The van der Waals surface area contributed by atoms with Gasteiger partial charge in [0.15, 0.2) is 0 Å². The van der Waals surface area contributed by atoms with Gasteiger partial charge >= 0.3 is 5.97 Å². The van der Waals surface area contributed by atoms with E-state index in [2.05, 4.69) is 5.32 Å². The van der Waals surface area contributed by atoms with Crippen molar-refractivity contribution in [2.24, 2.45) is 11.8 Å². The van der Waals surface area contributed by atoms with E-state index in [-0.39, 0.29) is 35.7 Å². The predicted molar refractivity (Wildman–Crippen MR) is 109 cm³/mol. The number of nitrogens with one attached hydrogen (secondary N) is 1. The summed E-state index contributed by atoms with van der Waals surface area (Å²) < 4.78 is 27.2. The summed E-state index contributed by atoms with van der Waals surface area (Å²) >= 11 is 0. The minimum absolute atomic E-state index is 0.00412. The first-order valence-corrected chi connectivity index (χ1v) is 11.5. The SMILES string of the molecule is CC(=O)Nc1ccc(S(=O)(=O)N2CCC(C(=O)N3CCC(C(=O)O)CC3)CC2)cc1. The Kier molecular flexibility index (Phi) is 6.77. The lowest BCUT2D eigenvalue weighted by molar-refractivity contribution is -0.147. The Morgan fingerprint density at radius 2 is 1.47 bits per heavy atom. The highest BCUT2D eigenvalue weighted by Gasteiger charge is 2.35. The zero-order valence-electron chi connectivity index (χ0n) is 16.9. The van der Waals surface area contributed by atoms with Crippen molar-refractivity contribution >= 4 is 33.5 Å². The van der Waals surface area contributed by atoms with E-state index in [0.717, 1.165) is 0 Å². The summed E-state index contributed by atoms with van der Waals surface area (Å²) in [7, 11) is -3.67. The topological polar surface area (TPSA) is 124 Å². The van der Waals surface area contributed by atoms with Gasteiger partial charge in [0, 0.05) is 44.7 Å². The summed E-state index contributed by atoms with van der Waals surface area (Å²) in [5.74, 6) is -1.68. The lowest BCUT2D eigenvalue weighted by atomic mass is 9.93. The van der Waals surface area contributed by atoms with E-state index in [9.17, 15) is 22.8 Å². The second kappa shape index (κ2) is 9.13. The number of hydrogen-bond acceptors (Lipinski definition) is 5. The smallest absolute Gasteiger partial charge is 0.306 e. The summed E-state index contributed by atoms with van der Waals surface area (Å²) in [5.41, 5.74) is 0.525. The number of benzene rings is 1. The Morgan fingerprint density at radius 3 is 1.97 bits per heavy atom. The molecular weight excluding hydrogens is 410 g/mol. The zero-order valence-corrected chi connectivity index (χ0v) is 17.7. The third-order valence-electron chi connectivity index (χ3n) is 5.77. The molecule has 0 unspecified atom stereocenters. The number of amides is 2. The molecule has 0 aliphatic carbocycles. The summed E-state index contributed by atoms with van der Waals surface area (Å²) in [4.78, 5) is 36.8. The largest absolute Gasteiger partial charge is 0.481 e. The van der Waals surface area contributed by atoms with E-state index in [0.29, 0.717) is 44.5 Å². The number of carbonyl (C=O) groups excluding carboxylic acids is 2. The maximum atomic E-state index is 12.9. The highest BCUT2D eigenvalue weighted by Crippen LogP contribution is 2.27. The van der Waals surface area contributed by atoms with Crippen LogP contribution in [0.2, 0.25) is 0 Å². The van der Waals surface area contributed by atoms with Crippen LogP contribution in [0.25, 0.3) is 0 Å². The number of anilines is 1. The molecule has 0 aromatic heterocycles. The molecule has 2 amide bonds. The molecule has 2 aliphatic heterocycles. The van der Waals surface area contributed by atoms with Crippen molar-refractivity contribution in [3.8, 4) is 0 Å². The number of piperidine rings is 2. The van der Waals surface area contributed by atoms with E-state index in [1.807, 2.05) is 0 Å². The van der Waals surface area contributed by atoms with Crippen molar-refractivity contribution in [1.29, 1.82) is 0 Å². The quantitative estimate of drug-likeness (QED) is 0.717. The maximum absolute atomic E-state index is 12.9. The second-order valence-corrected chi connectivity index (χ2v) is 9.76. The molecule has 2 fully saturated rings. The highest BCUT2D eigenvalue weighted by atomic mass is 32.2. The molecule has 2 saturated heterocycles. The van der Waals surface area contributed by atoms with Gasteiger partial charge in [-0.25, -0.2) is 8.42 Å². The number of carboxylic acid groups (broad SMARTS) is 1. The van der Waals surface area contributed by atoms with Crippen LogP contribution in [0.4, 0.5) is 5.69 Å². The molecule has 1 aromatic carbocycles. The molecule has 0 radical (unpaired) electrons. The third-order valence-corrected chi connectivity index (χ3v) is 7.68. The average molecular weight is 438 g/mol. The van der Waals surface area contributed by atoms with E-state index in [1.165, 1.54) is 23.4 Å². The fourth-order valence-corrected chi connectivity index (χ4v) is 5.48. The monoisotopic (exact) mass is 437 g/mol. The number of hydrogen-bond donors (Lipinski definition) is 2. The molecule has 2 heterocycles. The van der Waals surface area contributed by atoms with Gasteiger partial charge in [0.05, 0.1) is 10.8 Å². The Morgan fingerprint density at radius 1 is 0.933 bits per heavy atom. The molecule has 0 atom stereocenters.